The predicted octanol–water partition coefficient (Wildman–Crippen LogP) is -0.0243. The topological polar surface area (TPSA) is 81.4 Å². The van der Waals surface area contributed by atoms with E-state index in [1.807, 2.05) is 0 Å². The first kappa shape index (κ1) is 9.52. The molecule has 5 heteroatoms. The summed E-state index contributed by atoms with van der Waals surface area (Å²) in [5.74, 6) is -1.36. The third-order valence-corrected chi connectivity index (χ3v) is 2.09. The molecule has 0 unspecified atom stereocenters. The quantitative estimate of drug-likeness (QED) is 0.650. The highest BCUT2D eigenvalue weighted by Gasteiger charge is 2.33. The lowest BCUT2D eigenvalue weighted by Gasteiger charge is -2.19. The first-order chi connectivity index (χ1) is 6.16. The molecule has 0 radical (unpaired) electrons. The summed E-state index contributed by atoms with van der Waals surface area (Å²) in [6.07, 6.45) is 0.963. The van der Waals surface area contributed by atoms with Crippen LogP contribution in [-0.2, 0) is 9.59 Å². The number of aliphatic carboxylic acids is 1. The summed E-state index contributed by atoms with van der Waals surface area (Å²) >= 11 is 0. The Morgan fingerprint density at radius 2 is 2.31 bits per heavy atom. The molecule has 1 fully saturated rings. The normalized spacial score (nSPS) is 21.2. The fraction of sp³-hybridized carbons (Fsp3) is 0.625. The summed E-state index contributed by atoms with van der Waals surface area (Å²) in [6.45, 7) is 0.456. The van der Waals surface area contributed by atoms with Gasteiger partial charge in [0.1, 0.15) is 12.5 Å². The second-order valence-corrected chi connectivity index (χ2v) is 2.92. The summed E-state index contributed by atoms with van der Waals surface area (Å²) in [6, 6.07) is 0.998. The Hall–Kier alpha value is -1.57. The highest BCUT2D eigenvalue weighted by molar-refractivity contribution is 5.85. The maximum Gasteiger partial charge on any atom is 0.326 e. The van der Waals surface area contributed by atoms with Crippen LogP contribution in [0.15, 0.2) is 0 Å². The lowest BCUT2D eigenvalue weighted by atomic mass is 10.2. The number of nitrogens with zero attached hydrogens (tertiary/aromatic N) is 2. The van der Waals surface area contributed by atoms with E-state index < -0.39 is 12.0 Å². The fourth-order valence-corrected chi connectivity index (χ4v) is 1.49. The molecule has 0 aliphatic carbocycles. The lowest BCUT2D eigenvalue weighted by Crippen LogP contribution is -2.40. The zero-order valence-electron chi connectivity index (χ0n) is 7.06. The Bertz CT molecular complexity index is 269. The molecule has 1 aliphatic heterocycles. The fourth-order valence-electron chi connectivity index (χ4n) is 1.49. The van der Waals surface area contributed by atoms with Crippen molar-refractivity contribution in [3.05, 3.63) is 0 Å². The van der Waals surface area contributed by atoms with E-state index in [0.29, 0.717) is 19.4 Å². The second-order valence-electron chi connectivity index (χ2n) is 2.92. The van der Waals surface area contributed by atoms with Crippen LogP contribution in [-0.4, -0.2) is 34.5 Å². The number of hydrogen-bond donors (Lipinski definition) is 1. The standard InChI is InChI=1S/C8H10N2O3/c9-4-3-7(11)10-5-1-2-6(10)8(12)13/h6H,1-3,5H2,(H,12,13)/t6-/m0/s1. The molecule has 0 saturated carbocycles. The minimum atomic E-state index is -0.983. The Balaban J connectivity index is 2.64. The SMILES string of the molecule is N#CCC(=O)N1CCC[C@H]1C(=O)O. The van der Waals surface area contributed by atoms with Gasteiger partial charge in [-0.05, 0) is 12.8 Å². The van der Waals surface area contributed by atoms with Crippen LogP contribution in [0.5, 0.6) is 0 Å². The minimum absolute atomic E-state index is 0.232. The van der Waals surface area contributed by atoms with Crippen molar-refractivity contribution in [1.29, 1.82) is 5.26 Å². The van der Waals surface area contributed by atoms with Crippen molar-refractivity contribution in [1.82, 2.24) is 4.90 Å². The first-order valence-corrected chi connectivity index (χ1v) is 4.06. The Labute approximate surface area is 75.6 Å². The number of carboxylic acid groups (broad SMARTS) is 1. The molecule has 13 heavy (non-hydrogen) atoms. The van der Waals surface area contributed by atoms with Gasteiger partial charge in [-0.3, -0.25) is 4.79 Å². The zero-order valence-corrected chi connectivity index (χ0v) is 7.06. The van der Waals surface area contributed by atoms with E-state index in [1.54, 1.807) is 6.07 Å². The van der Waals surface area contributed by atoms with E-state index in [4.69, 9.17) is 10.4 Å². The molecule has 1 amide bonds. The summed E-state index contributed by atoms with van der Waals surface area (Å²) in [5, 5.41) is 17.0. The molecule has 0 spiro atoms. The number of amides is 1. The zero-order chi connectivity index (χ0) is 9.84. The highest BCUT2D eigenvalue weighted by atomic mass is 16.4. The largest absolute Gasteiger partial charge is 0.480 e. The number of hydrogen-bond acceptors (Lipinski definition) is 3. The van der Waals surface area contributed by atoms with Gasteiger partial charge >= 0.3 is 5.97 Å². The molecular formula is C8H10N2O3. The van der Waals surface area contributed by atoms with Gasteiger partial charge in [0.05, 0.1) is 6.07 Å². The van der Waals surface area contributed by atoms with Gasteiger partial charge in [0.25, 0.3) is 0 Å². The second kappa shape index (κ2) is 3.90. The molecule has 1 heterocycles. The van der Waals surface area contributed by atoms with E-state index in [1.165, 1.54) is 4.90 Å². The number of rotatable bonds is 2. The molecular weight excluding hydrogens is 172 g/mol. The van der Waals surface area contributed by atoms with Crippen LogP contribution in [0.4, 0.5) is 0 Å². The molecule has 5 nitrogen and oxygen atoms in total. The monoisotopic (exact) mass is 182 g/mol. The molecule has 0 aromatic carbocycles. The van der Waals surface area contributed by atoms with Crippen molar-refractivity contribution in [3.63, 3.8) is 0 Å². The first-order valence-electron chi connectivity index (χ1n) is 4.06. The van der Waals surface area contributed by atoms with Gasteiger partial charge in [-0.25, -0.2) is 4.79 Å². The molecule has 0 bridgehead atoms. The Morgan fingerprint density at radius 1 is 1.62 bits per heavy atom. The van der Waals surface area contributed by atoms with E-state index in [-0.39, 0.29) is 12.3 Å². The minimum Gasteiger partial charge on any atom is -0.480 e. The molecule has 1 rings (SSSR count). The van der Waals surface area contributed by atoms with Crippen molar-refractivity contribution in [2.75, 3.05) is 6.54 Å². The summed E-state index contributed by atoms with van der Waals surface area (Å²) < 4.78 is 0. The van der Waals surface area contributed by atoms with Gasteiger partial charge in [0.2, 0.25) is 5.91 Å². The molecule has 1 saturated heterocycles. The van der Waals surface area contributed by atoms with Crippen molar-refractivity contribution >= 4 is 11.9 Å². The summed E-state index contributed by atoms with van der Waals surface area (Å²) in [4.78, 5) is 23.1. The molecule has 1 N–H and O–H groups in total. The molecule has 70 valence electrons. The van der Waals surface area contributed by atoms with Crippen molar-refractivity contribution in [2.45, 2.75) is 25.3 Å². The van der Waals surface area contributed by atoms with E-state index in [0.717, 1.165) is 0 Å². The van der Waals surface area contributed by atoms with Crippen molar-refractivity contribution < 1.29 is 14.7 Å². The third kappa shape index (κ3) is 1.96. The van der Waals surface area contributed by atoms with E-state index in [9.17, 15) is 9.59 Å². The third-order valence-electron chi connectivity index (χ3n) is 2.09. The van der Waals surface area contributed by atoms with Crippen LogP contribution < -0.4 is 0 Å². The van der Waals surface area contributed by atoms with Crippen LogP contribution in [0.2, 0.25) is 0 Å². The predicted molar refractivity (Wildman–Crippen MR) is 42.6 cm³/mol. The van der Waals surface area contributed by atoms with Gasteiger partial charge in [0.15, 0.2) is 0 Å². The number of carboxylic acids is 1. The Kier molecular flexibility index (Phi) is 2.85. The average Bonchev–Trinajstić information content (AvgIpc) is 2.52. The lowest BCUT2D eigenvalue weighted by molar-refractivity contribution is -0.147. The number of likely N-dealkylation sites (tertiary alicyclic amines) is 1. The van der Waals surface area contributed by atoms with Crippen LogP contribution in [0.25, 0.3) is 0 Å². The van der Waals surface area contributed by atoms with Crippen LogP contribution in [0.3, 0.4) is 0 Å². The van der Waals surface area contributed by atoms with Gasteiger partial charge in [-0.2, -0.15) is 5.26 Å². The summed E-state index contributed by atoms with van der Waals surface area (Å²) in [5.41, 5.74) is 0. The summed E-state index contributed by atoms with van der Waals surface area (Å²) in [7, 11) is 0. The Morgan fingerprint density at radius 3 is 2.85 bits per heavy atom. The van der Waals surface area contributed by atoms with Gasteiger partial charge in [-0.15, -0.1) is 0 Å². The van der Waals surface area contributed by atoms with Gasteiger partial charge < -0.3 is 10.0 Å². The number of nitriles is 1. The molecule has 1 aliphatic rings. The maximum atomic E-state index is 11.2. The maximum absolute atomic E-state index is 11.2. The van der Waals surface area contributed by atoms with Crippen molar-refractivity contribution in [3.8, 4) is 6.07 Å². The molecule has 1 atom stereocenters. The molecule has 0 aromatic rings. The van der Waals surface area contributed by atoms with Crippen LogP contribution in [0, 0.1) is 11.3 Å². The van der Waals surface area contributed by atoms with Crippen LogP contribution in [0.1, 0.15) is 19.3 Å². The smallest absolute Gasteiger partial charge is 0.326 e. The van der Waals surface area contributed by atoms with Gasteiger partial charge in [-0.1, -0.05) is 0 Å². The van der Waals surface area contributed by atoms with E-state index in [2.05, 4.69) is 0 Å². The van der Waals surface area contributed by atoms with Crippen LogP contribution >= 0.6 is 0 Å². The number of carbonyl (C=O) groups excluding carboxylic acids is 1. The van der Waals surface area contributed by atoms with Gasteiger partial charge in [0, 0.05) is 6.54 Å². The van der Waals surface area contributed by atoms with E-state index >= 15 is 0 Å². The molecule has 0 aromatic heterocycles. The van der Waals surface area contributed by atoms with Crippen molar-refractivity contribution in [2.24, 2.45) is 0 Å². The highest BCUT2D eigenvalue weighted by Crippen LogP contribution is 2.17. The number of carbonyl (C=O) groups is 2. The average molecular weight is 182 g/mol.